The molecule has 0 aliphatic heterocycles. The van der Waals surface area contributed by atoms with Gasteiger partial charge in [0.1, 0.15) is 11.4 Å². The molecular formula is C24H27ClN6O2S. The first-order valence-corrected chi connectivity index (χ1v) is 12.0. The van der Waals surface area contributed by atoms with Crippen molar-refractivity contribution >= 4 is 40.8 Å². The summed E-state index contributed by atoms with van der Waals surface area (Å²) in [7, 11) is 1.90. The number of halogens is 1. The largest absolute Gasteiger partial charge is 0.389 e. The molecule has 0 saturated carbocycles. The minimum Gasteiger partial charge on any atom is -0.389 e. The summed E-state index contributed by atoms with van der Waals surface area (Å²) in [4.78, 5) is 27.1. The summed E-state index contributed by atoms with van der Waals surface area (Å²) >= 11 is 7.81. The zero-order valence-corrected chi connectivity index (χ0v) is 20.8. The fourth-order valence-corrected chi connectivity index (χ4v) is 4.52. The lowest BCUT2D eigenvalue weighted by Gasteiger charge is -2.13. The predicted octanol–water partition coefficient (Wildman–Crippen LogP) is 3.89. The molecule has 2 aromatic heterocycles. The van der Waals surface area contributed by atoms with Gasteiger partial charge < -0.3 is 21.4 Å². The van der Waals surface area contributed by atoms with Crippen LogP contribution in [0.1, 0.15) is 40.8 Å². The van der Waals surface area contributed by atoms with Crippen LogP contribution >= 0.6 is 22.9 Å². The third kappa shape index (κ3) is 5.99. The molecule has 1 atom stereocenters. The Hall–Kier alpha value is -3.27. The molecule has 0 fully saturated rings. The van der Waals surface area contributed by atoms with E-state index in [1.54, 1.807) is 11.3 Å². The Morgan fingerprint density at radius 3 is 2.76 bits per heavy atom. The first-order chi connectivity index (χ1) is 16.4. The number of hydrogen-bond acceptors (Lipinski definition) is 7. The fourth-order valence-electron chi connectivity index (χ4n) is 3.28. The molecule has 34 heavy (non-hydrogen) atoms. The smallest absolute Gasteiger partial charge is 0.272 e. The van der Waals surface area contributed by atoms with Gasteiger partial charge in [-0.1, -0.05) is 17.7 Å². The van der Waals surface area contributed by atoms with E-state index in [9.17, 15) is 9.59 Å². The van der Waals surface area contributed by atoms with Crippen LogP contribution in [0.4, 0.5) is 0 Å². The van der Waals surface area contributed by atoms with Crippen LogP contribution in [0.3, 0.4) is 0 Å². The van der Waals surface area contributed by atoms with Crippen molar-refractivity contribution in [3.63, 3.8) is 0 Å². The van der Waals surface area contributed by atoms with Gasteiger partial charge in [-0.25, -0.2) is 0 Å². The lowest BCUT2D eigenvalue weighted by molar-refractivity contribution is 0.0933. The van der Waals surface area contributed by atoms with Crippen molar-refractivity contribution < 1.29 is 4.79 Å². The number of thiophene rings is 1. The molecule has 0 spiro atoms. The van der Waals surface area contributed by atoms with Crippen molar-refractivity contribution in [2.75, 3.05) is 13.6 Å². The fraction of sp³-hybridized carbons (Fsp3) is 0.250. The summed E-state index contributed by atoms with van der Waals surface area (Å²) < 4.78 is 1.03. The van der Waals surface area contributed by atoms with Crippen LogP contribution < -0.4 is 21.5 Å². The van der Waals surface area contributed by atoms with E-state index < -0.39 is 11.5 Å². The first kappa shape index (κ1) is 25.4. The van der Waals surface area contributed by atoms with Crippen molar-refractivity contribution in [1.29, 1.82) is 5.41 Å². The maximum Gasteiger partial charge on any atom is 0.272 e. The SMILES string of the molecule is CCN/C=C(\C=N)n1nc(C(=O)N[C@H](C)c2ccc(-c3cc(Cl)ccc3CNC)s2)ccc1=O. The van der Waals surface area contributed by atoms with E-state index in [2.05, 4.69) is 21.0 Å². The number of rotatable bonds is 10. The number of nitrogens with zero attached hydrogens (tertiary/aromatic N) is 2. The Balaban J connectivity index is 1.81. The molecule has 1 amide bonds. The molecule has 0 aliphatic rings. The zero-order valence-electron chi connectivity index (χ0n) is 19.2. The molecular weight excluding hydrogens is 472 g/mol. The maximum absolute atomic E-state index is 12.9. The van der Waals surface area contributed by atoms with Gasteiger partial charge in [0.25, 0.3) is 11.5 Å². The number of aromatic nitrogens is 2. The molecule has 4 N–H and O–H groups in total. The molecule has 0 bridgehead atoms. The Morgan fingerprint density at radius 2 is 2.06 bits per heavy atom. The molecule has 1 aromatic carbocycles. The van der Waals surface area contributed by atoms with Gasteiger partial charge in [0.2, 0.25) is 0 Å². The Morgan fingerprint density at radius 1 is 1.26 bits per heavy atom. The van der Waals surface area contributed by atoms with Gasteiger partial charge in [0, 0.05) is 46.3 Å². The molecule has 3 rings (SSSR count). The van der Waals surface area contributed by atoms with Crippen LogP contribution in [-0.4, -0.2) is 35.5 Å². The number of carbonyl (C=O) groups excluding carboxylic acids is 1. The van der Waals surface area contributed by atoms with Crippen LogP contribution in [0.5, 0.6) is 0 Å². The Labute approximate surface area is 207 Å². The average Bonchev–Trinajstić information content (AvgIpc) is 3.32. The molecule has 0 unspecified atom stereocenters. The van der Waals surface area contributed by atoms with Gasteiger partial charge in [-0.2, -0.15) is 9.78 Å². The number of carbonyl (C=O) groups is 1. The molecule has 10 heteroatoms. The van der Waals surface area contributed by atoms with E-state index >= 15 is 0 Å². The second-order valence-electron chi connectivity index (χ2n) is 7.47. The van der Waals surface area contributed by atoms with E-state index in [1.165, 1.54) is 18.3 Å². The topological polar surface area (TPSA) is 112 Å². The number of benzene rings is 1. The van der Waals surface area contributed by atoms with E-state index in [1.807, 2.05) is 51.2 Å². The quantitative estimate of drug-likeness (QED) is 0.317. The molecule has 2 heterocycles. The lowest BCUT2D eigenvalue weighted by atomic mass is 10.1. The molecule has 3 aromatic rings. The van der Waals surface area contributed by atoms with E-state index in [0.717, 1.165) is 31.8 Å². The van der Waals surface area contributed by atoms with Crippen LogP contribution in [0, 0.1) is 5.41 Å². The minimum atomic E-state index is -0.431. The van der Waals surface area contributed by atoms with Gasteiger partial charge in [0.15, 0.2) is 0 Å². The highest BCUT2D eigenvalue weighted by Crippen LogP contribution is 2.35. The van der Waals surface area contributed by atoms with Crippen molar-refractivity contribution in [3.8, 4) is 10.4 Å². The van der Waals surface area contributed by atoms with Crippen molar-refractivity contribution in [1.82, 2.24) is 25.7 Å². The summed E-state index contributed by atoms with van der Waals surface area (Å²) in [5.74, 6) is -0.414. The summed E-state index contributed by atoms with van der Waals surface area (Å²) in [5, 5.41) is 21.4. The van der Waals surface area contributed by atoms with Gasteiger partial charge >= 0.3 is 0 Å². The highest BCUT2D eigenvalue weighted by Gasteiger charge is 2.17. The second kappa shape index (κ2) is 11.7. The third-order valence-electron chi connectivity index (χ3n) is 4.99. The summed E-state index contributed by atoms with van der Waals surface area (Å²) in [6, 6.07) is 12.2. The highest BCUT2D eigenvalue weighted by molar-refractivity contribution is 7.15. The molecule has 0 saturated heterocycles. The Kier molecular flexibility index (Phi) is 8.75. The van der Waals surface area contributed by atoms with Crippen LogP contribution in [0.25, 0.3) is 16.1 Å². The maximum atomic E-state index is 12.9. The molecule has 178 valence electrons. The highest BCUT2D eigenvalue weighted by atomic mass is 35.5. The monoisotopic (exact) mass is 498 g/mol. The van der Waals surface area contributed by atoms with Crippen LogP contribution in [0.2, 0.25) is 5.02 Å². The van der Waals surface area contributed by atoms with Gasteiger partial charge in [-0.3, -0.25) is 9.59 Å². The average molecular weight is 499 g/mol. The standard InChI is InChI=1S/C24H27ClN6O2S/c1-4-28-14-18(12-26)31-23(32)10-7-20(30-31)24(33)29-15(2)21-8-9-22(34-21)19-11-17(25)6-5-16(19)13-27-3/h5-12,14-15,26-28H,4,13H2,1-3H3,(H,29,33)/b18-14+,26-12?/t15-/m1/s1. The number of allylic oxidation sites excluding steroid dienone is 1. The van der Waals surface area contributed by atoms with E-state index in [0.29, 0.717) is 18.1 Å². The zero-order chi connectivity index (χ0) is 24.7. The lowest BCUT2D eigenvalue weighted by Crippen LogP contribution is -2.31. The summed E-state index contributed by atoms with van der Waals surface area (Å²) in [6.45, 7) is 5.12. The van der Waals surface area contributed by atoms with E-state index in [-0.39, 0.29) is 17.4 Å². The summed E-state index contributed by atoms with van der Waals surface area (Å²) in [5.41, 5.74) is 2.07. The van der Waals surface area contributed by atoms with Crippen LogP contribution in [0.15, 0.2) is 53.5 Å². The van der Waals surface area contributed by atoms with Crippen molar-refractivity contribution in [3.05, 3.63) is 80.2 Å². The van der Waals surface area contributed by atoms with E-state index in [4.69, 9.17) is 17.0 Å². The normalized spacial score (nSPS) is 12.3. The minimum absolute atomic E-state index is 0.0821. The van der Waals surface area contributed by atoms with Crippen molar-refractivity contribution in [2.24, 2.45) is 0 Å². The van der Waals surface area contributed by atoms with Gasteiger partial charge in [-0.15, -0.1) is 11.3 Å². The van der Waals surface area contributed by atoms with Crippen molar-refractivity contribution in [2.45, 2.75) is 26.4 Å². The second-order valence-corrected chi connectivity index (χ2v) is 9.02. The molecule has 0 aliphatic carbocycles. The number of amides is 1. The van der Waals surface area contributed by atoms with Gasteiger partial charge in [-0.05, 0) is 62.4 Å². The molecule has 8 nitrogen and oxygen atoms in total. The number of hydrogen-bond donors (Lipinski definition) is 4. The first-order valence-electron chi connectivity index (χ1n) is 10.8. The third-order valence-corrected chi connectivity index (χ3v) is 6.52. The Bertz CT molecular complexity index is 1270. The molecule has 0 radical (unpaired) electrons. The van der Waals surface area contributed by atoms with Crippen LogP contribution in [-0.2, 0) is 6.54 Å². The summed E-state index contributed by atoms with van der Waals surface area (Å²) in [6.07, 6.45) is 2.52. The predicted molar refractivity (Wildman–Crippen MR) is 139 cm³/mol. The number of nitrogens with one attached hydrogen (secondary N) is 4. The van der Waals surface area contributed by atoms with Gasteiger partial charge in [0.05, 0.1) is 6.04 Å².